The minimum absolute atomic E-state index is 0.508. The van der Waals surface area contributed by atoms with Gasteiger partial charge in [-0.05, 0) is 50.2 Å². The van der Waals surface area contributed by atoms with Crippen LogP contribution in [0.15, 0.2) is 54.7 Å². The third-order valence-electron chi connectivity index (χ3n) is 4.56. The van der Waals surface area contributed by atoms with Crippen molar-refractivity contribution in [2.75, 3.05) is 20.2 Å². The molecular formula is C26H40N4O. The monoisotopic (exact) mass is 424 g/mol. The normalized spacial score (nSPS) is 10.1. The van der Waals surface area contributed by atoms with Gasteiger partial charge in [-0.1, -0.05) is 75.7 Å². The second-order valence-corrected chi connectivity index (χ2v) is 7.37. The molecule has 1 heterocycles. The number of hydrogen-bond acceptors (Lipinski definition) is 4. The number of aryl methyl sites for hydroxylation is 2. The first-order valence-electron chi connectivity index (χ1n) is 11.4. The maximum absolute atomic E-state index is 5.75. The van der Waals surface area contributed by atoms with Crippen LogP contribution >= 0.6 is 0 Å². The average molecular weight is 425 g/mol. The number of nitrogens with zero attached hydrogens (tertiary/aromatic N) is 3. The molecule has 3 aromatic rings. The maximum Gasteiger partial charge on any atom is 0.119 e. The molecule has 0 aliphatic rings. The van der Waals surface area contributed by atoms with E-state index in [1.165, 1.54) is 11.1 Å². The van der Waals surface area contributed by atoms with Gasteiger partial charge in [-0.2, -0.15) is 0 Å². The van der Waals surface area contributed by atoms with Gasteiger partial charge in [-0.15, -0.1) is 5.10 Å². The van der Waals surface area contributed by atoms with E-state index < -0.39 is 0 Å². The summed E-state index contributed by atoms with van der Waals surface area (Å²) in [7, 11) is 1.93. The molecule has 1 aromatic heterocycles. The van der Waals surface area contributed by atoms with Crippen LogP contribution in [0.4, 0.5) is 0 Å². The van der Waals surface area contributed by atoms with Gasteiger partial charge in [-0.3, -0.25) is 4.68 Å². The van der Waals surface area contributed by atoms with Crippen LogP contribution in [0.25, 0.3) is 11.3 Å². The second kappa shape index (κ2) is 15.2. The molecule has 2 aromatic carbocycles. The third-order valence-corrected chi connectivity index (χ3v) is 4.56. The van der Waals surface area contributed by atoms with E-state index in [2.05, 4.69) is 79.7 Å². The summed E-state index contributed by atoms with van der Waals surface area (Å²) in [5, 5.41) is 11.5. The van der Waals surface area contributed by atoms with Gasteiger partial charge in [-0.25, -0.2) is 0 Å². The first-order valence-corrected chi connectivity index (χ1v) is 11.4. The summed E-state index contributed by atoms with van der Waals surface area (Å²) in [5.41, 5.74) is 4.60. The van der Waals surface area contributed by atoms with Gasteiger partial charge in [0, 0.05) is 18.5 Å². The van der Waals surface area contributed by atoms with Gasteiger partial charge in [0.2, 0.25) is 0 Å². The number of nitrogens with one attached hydrogen (secondary N) is 1. The van der Waals surface area contributed by atoms with Crippen molar-refractivity contribution in [3.63, 3.8) is 0 Å². The molecule has 170 valence electrons. The molecule has 0 spiro atoms. The Bertz CT molecular complexity index is 839. The van der Waals surface area contributed by atoms with E-state index in [-0.39, 0.29) is 0 Å². The van der Waals surface area contributed by atoms with Crippen LogP contribution in [0, 0.1) is 6.92 Å². The summed E-state index contributed by atoms with van der Waals surface area (Å²) in [6.07, 6.45) is 2.90. The summed E-state index contributed by atoms with van der Waals surface area (Å²) in [5.74, 6) is 1.42. The van der Waals surface area contributed by atoms with Crippen molar-refractivity contribution in [1.82, 2.24) is 20.3 Å². The fourth-order valence-corrected chi connectivity index (χ4v) is 2.65. The van der Waals surface area contributed by atoms with Crippen molar-refractivity contribution in [3.8, 4) is 17.0 Å². The molecule has 31 heavy (non-hydrogen) atoms. The highest BCUT2D eigenvalue weighted by atomic mass is 16.5. The van der Waals surface area contributed by atoms with Crippen molar-refractivity contribution < 1.29 is 4.74 Å². The molecule has 0 fully saturated rings. The Balaban J connectivity index is 0.000000720. The highest BCUT2D eigenvalue weighted by Gasteiger charge is 2.06. The van der Waals surface area contributed by atoms with Crippen LogP contribution in [-0.4, -0.2) is 35.2 Å². The minimum Gasteiger partial charge on any atom is -0.494 e. The quantitative estimate of drug-likeness (QED) is 0.444. The molecule has 0 saturated carbocycles. The number of hydrogen-bond donors (Lipinski definition) is 1. The molecule has 3 rings (SSSR count). The van der Waals surface area contributed by atoms with Gasteiger partial charge in [0.15, 0.2) is 0 Å². The molecular weight excluding hydrogens is 384 g/mol. The largest absolute Gasteiger partial charge is 0.494 e. The van der Waals surface area contributed by atoms with Crippen molar-refractivity contribution in [3.05, 3.63) is 65.9 Å². The number of ether oxygens (including phenoxy) is 1. The Labute approximate surface area is 188 Å². The molecule has 0 aliphatic heterocycles. The Morgan fingerprint density at radius 2 is 1.74 bits per heavy atom. The predicted molar refractivity (Wildman–Crippen MR) is 132 cm³/mol. The molecule has 0 saturated heterocycles. The van der Waals surface area contributed by atoms with Crippen LogP contribution in [0.5, 0.6) is 5.75 Å². The predicted octanol–water partition coefficient (Wildman–Crippen LogP) is 6.10. The first kappa shape index (κ1) is 26.4. The number of rotatable bonds is 8. The highest BCUT2D eigenvalue weighted by Crippen LogP contribution is 2.22. The fraction of sp³-hybridized carbons (Fsp3) is 0.462. The molecule has 0 bridgehead atoms. The van der Waals surface area contributed by atoms with E-state index in [4.69, 9.17) is 4.74 Å². The zero-order chi connectivity index (χ0) is 23.1. The molecule has 1 N–H and O–H groups in total. The van der Waals surface area contributed by atoms with E-state index in [1.54, 1.807) is 0 Å². The van der Waals surface area contributed by atoms with E-state index in [9.17, 15) is 0 Å². The number of aromatic nitrogens is 3. The molecule has 0 radical (unpaired) electrons. The zero-order valence-corrected chi connectivity index (χ0v) is 20.4. The molecule has 5 heteroatoms. The average Bonchev–Trinajstić information content (AvgIpc) is 3.28. The summed E-state index contributed by atoms with van der Waals surface area (Å²) in [6, 6.07) is 16.6. The summed E-state index contributed by atoms with van der Waals surface area (Å²) < 4.78 is 7.64. The molecule has 5 nitrogen and oxygen atoms in total. The fourth-order valence-electron chi connectivity index (χ4n) is 2.65. The van der Waals surface area contributed by atoms with Gasteiger partial charge in [0.05, 0.1) is 12.8 Å². The lowest BCUT2D eigenvalue weighted by Gasteiger charge is -2.06. The number of benzene rings is 2. The second-order valence-electron chi connectivity index (χ2n) is 7.37. The minimum atomic E-state index is 0.508. The standard InChI is InChI=1S/C21H25N3O.C3H9N.C2H6/c1-16(2)18-6-4-7-19(14-18)21-15-24(23-22-21)12-5-13-25-20-10-8-17(3)9-11-20;1-3-4-2;1-2/h4,6-11,14-16H,5,12-13H2,1-3H3;4H,3H2,1-2H3;1-2H3. The van der Waals surface area contributed by atoms with Crippen molar-refractivity contribution in [2.24, 2.45) is 0 Å². The summed E-state index contributed by atoms with van der Waals surface area (Å²) in [4.78, 5) is 0. The lowest BCUT2D eigenvalue weighted by molar-refractivity contribution is 0.298. The zero-order valence-electron chi connectivity index (χ0n) is 20.4. The van der Waals surface area contributed by atoms with Crippen molar-refractivity contribution >= 4 is 0 Å². The Morgan fingerprint density at radius 3 is 2.35 bits per heavy atom. The Morgan fingerprint density at radius 1 is 1.06 bits per heavy atom. The third kappa shape index (κ3) is 9.79. The van der Waals surface area contributed by atoms with Gasteiger partial charge in [0.1, 0.15) is 11.4 Å². The van der Waals surface area contributed by atoms with Crippen LogP contribution in [0.3, 0.4) is 0 Å². The van der Waals surface area contributed by atoms with E-state index in [0.717, 1.165) is 36.5 Å². The SMILES string of the molecule is CC.CCNC.Cc1ccc(OCCCn2cc(-c3cccc(C(C)C)c3)nn2)cc1. The van der Waals surface area contributed by atoms with E-state index in [0.29, 0.717) is 12.5 Å². The molecule has 0 amide bonds. The summed E-state index contributed by atoms with van der Waals surface area (Å²) in [6.45, 7) is 15.1. The van der Waals surface area contributed by atoms with E-state index in [1.807, 2.05) is 43.9 Å². The lowest BCUT2D eigenvalue weighted by Crippen LogP contribution is -2.05. The van der Waals surface area contributed by atoms with E-state index >= 15 is 0 Å². The van der Waals surface area contributed by atoms with Gasteiger partial charge >= 0.3 is 0 Å². The molecule has 0 unspecified atom stereocenters. The summed E-state index contributed by atoms with van der Waals surface area (Å²) >= 11 is 0. The first-order chi connectivity index (χ1) is 15.0. The molecule has 0 atom stereocenters. The van der Waals surface area contributed by atoms with Crippen molar-refractivity contribution in [2.45, 2.75) is 60.4 Å². The Hall–Kier alpha value is -2.66. The van der Waals surface area contributed by atoms with Gasteiger partial charge in [0.25, 0.3) is 0 Å². The van der Waals surface area contributed by atoms with Crippen LogP contribution in [-0.2, 0) is 6.54 Å². The maximum atomic E-state index is 5.75. The smallest absolute Gasteiger partial charge is 0.119 e. The molecule has 0 aliphatic carbocycles. The topological polar surface area (TPSA) is 52.0 Å². The van der Waals surface area contributed by atoms with Crippen LogP contribution in [0.2, 0.25) is 0 Å². The highest BCUT2D eigenvalue weighted by molar-refractivity contribution is 5.58. The van der Waals surface area contributed by atoms with Crippen LogP contribution in [0.1, 0.15) is 58.1 Å². The van der Waals surface area contributed by atoms with Gasteiger partial charge < -0.3 is 10.1 Å². The Kier molecular flexibility index (Phi) is 12.9. The van der Waals surface area contributed by atoms with Crippen LogP contribution < -0.4 is 10.1 Å². The lowest BCUT2D eigenvalue weighted by atomic mass is 10.00. The van der Waals surface area contributed by atoms with Crippen molar-refractivity contribution in [1.29, 1.82) is 0 Å².